The Balaban J connectivity index is 1.51. The lowest BCUT2D eigenvalue weighted by Crippen LogP contribution is -2.19. The summed E-state index contributed by atoms with van der Waals surface area (Å²) in [5, 5.41) is 4.75. The van der Waals surface area contributed by atoms with Crippen molar-refractivity contribution in [3.05, 3.63) is 93.5 Å². The molecule has 0 bridgehead atoms. The molecule has 0 aliphatic rings. The highest BCUT2D eigenvalue weighted by Gasteiger charge is 2.07. The highest BCUT2D eigenvalue weighted by Crippen LogP contribution is 2.29. The van der Waals surface area contributed by atoms with Crippen molar-refractivity contribution in [2.75, 3.05) is 12.4 Å². The predicted molar refractivity (Wildman–Crippen MR) is 141 cm³/mol. The molecule has 0 aliphatic carbocycles. The molecule has 0 fully saturated rings. The number of amides is 1. The Morgan fingerprint density at radius 1 is 1.00 bits per heavy atom. The summed E-state index contributed by atoms with van der Waals surface area (Å²) in [5.74, 6) is 2.23. The number of benzene rings is 3. The molecule has 0 atom stereocenters. The number of nitrogens with zero attached hydrogens (tertiary/aromatic N) is 1. The summed E-state index contributed by atoms with van der Waals surface area (Å²) in [6.45, 7) is 6.96. The molecule has 3 rings (SSSR count). The average Bonchev–Trinajstić information content (AvgIpc) is 2.78. The summed E-state index contributed by atoms with van der Waals surface area (Å²) in [6.07, 6.45) is 1.59. The molecule has 178 valence electrons. The Morgan fingerprint density at radius 3 is 2.53 bits per heavy atom. The fourth-order valence-corrected chi connectivity index (χ4v) is 4.37. The zero-order valence-corrected chi connectivity index (χ0v) is 21.2. The number of halogens is 1. The fraction of sp³-hybridized carbons (Fsp3) is 0.259. The maximum atomic E-state index is 12.1. The van der Waals surface area contributed by atoms with Gasteiger partial charge in [0.15, 0.2) is 11.5 Å². The van der Waals surface area contributed by atoms with E-state index in [2.05, 4.69) is 42.6 Å². The van der Waals surface area contributed by atoms with Crippen LogP contribution in [0.2, 0.25) is 5.02 Å². The van der Waals surface area contributed by atoms with Crippen LogP contribution in [-0.4, -0.2) is 24.5 Å². The topological polar surface area (TPSA) is 59.9 Å². The van der Waals surface area contributed by atoms with Crippen LogP contribution in [0.5, 0.6) is 11.5 Å². The van der Waals surface area contributed by atoms with Gasteiger partial charge in [0.25, 0.3) is 0 Å². The van der Waals surface area contributed by atoms with Crippen LogP contribution < -0.4 is 14.9 Å². The molecular formula is C27H29ClN2O3S. The van der Waals surface area contributed by atoms with Crippen molar-refractivity contribution < 1.29 is 14.3 Å². The van der Waals surface area contributed by atoms with Gasteiger partial charge in [-0.1, -0.05) is 53.1 Å². The number of ether oxygens (including phenoxy) is 2. The van der Waals surface area contributed by atoms with E-state index in [-0.39, 0.29) is 5.91 Å². The van der Waals surface area contributed by atoms with Crippen LogP contribution in [0.15, 0.2) is 65.8 Å². The second kappa shape index (κ2) is 13.1. The van der Waals surface area contributed by atoms with Gasteiger partial charge in [0, 0.05) is 10.8 Å². The zero-order valence-electron chi connectivity index (χ0n) is 19.6. The first kappa shape index (κ1) is 25.7. The van der Waals surface area contributed by atoms with Crippen molar-refractivity contribution in [2.24, 2.45) is 5.10 Å². The van der Waals surface area contributed by atoms with E-state index in [1.165, 1.54) is 16.7 Å². The number of carbonyl (C=O) groups excluding carboxylic acids is 1. The third-order valence-corrected chi connectivity index (χ3v) is 5.98. The van der Waals surface area contributed by atoms with Crippen LogP contribution in [0.3, 0.4) is 0 Å². The first-order valence-corrected chi connectivity index (χ1v) is 12.6. The molecule has 5 nitrogen and oxygen atoms in total. The average molecular weight is 497 g/mol. The SMILES string of the molecule is CCOc1cc(/C=N/NC(=O)CSCc2cc(C)cc(C)c2)ccc1OCc1cccc(Cl)c1. The lowest BCUT2D eigenvalue weighted by Gasteiger charge is -2.12. The van der Waals surface area contributed by atoms with Crippen LogP contribution in [0, 0.1) is 13.8 Å². The largest absolute Gasteiger partial charge is 0.490 e. The number of thioether (sulfide) groups is 1. The van der Waals surface area contributed by atoms with Gasteiger partial charge in [0.2, 0.25) is 5.91 Å². The molecule has 34 heavy (non-hydrogen) atoms. The summed E-state index contributed by atoms with van der Waals surface area (Å²) in [6, 6.07) is 19.5. The molecule has 0 aromatic heterocycles. The van der Waals surface area contributed by atoms with Crippen LogP contribution >= 0.6 is 23.4 Å². The van der Waals surface area contributed by atoms with E-state index in [1.54, 1.807) is 18.0 Å². The Bertz CT molecular complexity index is 1130. The third kappa shape index (κ3) is 8.43. The predicted octanol–water partition coefficient (Wildman–Crippen LogP) is 6.32. The Morgan fingerprint density at radius 2 is 1.79 bits per heavy atom. The van der Waals surface area contributed by atoms with Crippen molar-refractivity contribution in [1.29, 1.82) is 0 Å². The van der Waals surface area contributed by atoms with Gasteiger partial charge >= 0.3 is 0 Å². The van der Waals surface area contributed by atoms with Crippen molar-refractivity contribution in [2.45, 2.75) is 33.1 Å². The second-order valence-electron chi connectivity index (χ2n) is 7.84. The molecule has 0 spiro atoms. The van der Waals surface area contributed by atoms with Gasteiger partial charge in [-0.25, -0.2) is 5.43 Å². The monoisotopic (exact) mass is 496 g/mol. The quantitative estimate of drug-likeness (QED) is 0.249. The summed E-state index contributed by atoms with van der Waals surface area (Å²) < 4.78 is 11.6. The number of nitrogens with one attached hydrogen (secondary N) is 1. The maximum Gasteiger partial charge on any atom is 0.250 e. The Labute approximate surface area is 210 Å². The molecule has 0 heterocycles. The molecule has 3 aromatic rings. The lowest BCUT2D eigenvalue weighted by atomic mass is 10.1. The molecule has 0 saturated carbocycles. The number of hydrogen-bond acceptors (Lipinski definition) is 5. The first-order valence-electron chi connectivity index (χ1n) is 11.0. The molecular weight excluding hydrogens is 468 g/mol. The van der Waals surface area contributed by atoms with Crippen LogP contribution in [-0.2, 0) is 17.2 Å². The van der Waals surface area contributed by atoms with Gasteiger partial charge in [-0.15, -0.1) is 11.8 Å². The molecule has 0 aliphatic heterocycles. The highest BCUT2D eigenvalue weighted by atomic mass is 35.5. The molecule has 1 amide bonds. The lowest BCUT2D eigenvalue weighted by molar-refractivity contribution is -0.118. The minimum absolute atomic E-state index is 0.142. The minimum atomic E-state index is -0.142. The summed E-state index contributed by atoms with van der Waals surface area (Å²) in [7, 11) is 0. The molecule has 0 radical (unpaired) electrons. The van der Waals surface area contributed by atoms with Crippen LogP contribution in [0.25, 0.3) is 0 Å². The maximum absolute atomic E-state index is 12.1. The highest BCUT2D eigenvalue weighted by molar-refractivity contribution is 7.99. The van der Waals surface area contributed by atoms with E-state index in [1.807, 2.05) is 49.4 Å². The van der Waals surface area contributed by atoms with Gasteiger partial charge in [0.1, 0.15) is 6.61 Å². The van der Waals surface area contributed by atoms with E-state index >= 15 is 0 Å². The van der Waals surface area contributed by atoms with Crippen molar-refractivity contribution in [3.63, 3.8) is 0 Å². The summed E-state index contributed by atoms with van der Waals surface area (Å²) >= 11 is 7.60. The number of aryl methyl sites for hydroxylation is 2. The van der Waals surface area contributed by atoms with Gasteiger partial charge in [-0.2, -0.15) is 5.10 Å². The number of hydrazone groups is 1. The first-order chi connectivity index (χ1) is 16.4. The van der Waals surface area contributed by atoms with E-state index in [0.717, 1.165) is 16.9 Å². The van der Waals surface area contributed by atoms with E-state index < -0.39 is 0 Å². The van der Waals surface area contributed by atoms with Gasteiger partial charge < -0.3 is 9.47 Å². The third-order valence-electron chi connectivity index (χ3n) is 4.74. The summed E-state index contributed by atoms with van der Waals surface area (Å²) in [5.41, 5.74) is 8.04. The molecule has 0 saturated heterocycles. The number of rotatable bonds is 11. The number of carbonyl (C=O) groups is 1. The van der Waals surface area contributed by atoms with Gasteiger partial charge in [0.05, 0.1) is 18.6 Å². The molecule has 3 aromatic carbocycles. The standard InChI is InChI=1S/C27H29ClN2O3S/c1-4-32-26-14-21(8-9-25(26)33-16-22-6-5-7-24(28)13-22)15-29-30-27(31)18-34-17-23-11-19(2)10-20(3)12-23/h5-15H,4,16-18H2,1-3H3,(H,30,31)/b29-15+. The normalized spacial score (nSPS) is 10.9. The van der Waals surface area contributed by atoms with E-state index in [0.29, 0.717) is 35.5 Å². The molecule has 0 unspecified atom stereocenters. The van der Waals surface area contributed by atoms with Crippen molar-refractivity contribution in [1.82, 2.24) is 5.43 Å². The molecule has 7 heteroatoms. The van der Waals surface area contributed by atoms with Crippen molar-refractivity contribution >= 4 is 35.5 Å². The van der Waals surface area contributed by atoms with E-state index in [4.69, 9.17) is 21.1 Å². The zero-order chi connectivity index (χ0) is 24.3. The Kier molecular flexibility index (Phi) is 9.86. The minimum Gasteiger partial charge on any atom is -0.490 e. The van der Waals surface area contributed by atoms with Crippen LogP contribution in [0.4, 0.5) is 0 Å². The summed E-state index contributed by atoms with van der Waals surface area (Å²) in [4.78, 5) is 12.1. The number of hydrogen-bond donors (Lipinski definition) is 1. The van der Waals surface area contributed by atoms with Gasteiger partial charge in [-0.05, 0) is 67.8 Å². The second-order valence-corrected chi connectivity index (χ2v) is 9.26. The molecule has 1 N–H and O–H groups in total. The van der Waals surface area contributed by atoms with Gasteiger partial charge in [-0.3, -0.25) is 4.79 Å². The fourth-order valence-electron chi connectivity index (χ4n) is 3.41. The van der Waals surface area contributed by atoms with E-state index in [9.17, 15) is 4.79 Å². The Hall–Kier alpha value is -2.96. The van der Waals surface area contributed by atoms with Crippen LogP contribution in [0.1, 0.15) is 34.7 Å². The smallest absolute Gasteiger partial charge is 0.250 e. The van der Waals surface area contributed by atoms with Crippen molar-refractivity contribution in [3.8, 4) is 11.5 Å².